The van der Waals surface area contributed by atoms with E-state index in [4.69, 9.17) is 9.15 Å². The zero-order valence-electron chi connectivity index (χ0n) is 14.2. The standard InChI is InChI=1S/C18H25NO4/c1-10-14-7-13(18(14,3)4)8-15(10)23-17(21)11(2)19-16(20)12-5-6-22-9-12/h5-6,9-11,13-15H,7-8H2,1-4H3,(H,19,20)/t10-,11+,13-,14+,15+/m1/s1. The van der Waals surface area contributed by atoms with Gasteiger partial charge >= 0.3 is 5.97 Å². The first-order chi connectivity index (χ1) is 10.8. The number of amides is 1. The summed E-state index contributed by atoms with van der Waals surface area (Å²) in [6.07, 6.45) is 4.92. The van der Waals surface area contributed by atoms with E-state index in [9.17, 15) is 9.59 Å². The quantitative estimate of drug-likeness (QED) is 0.866. The van der Waals surface area contributed by atoms with Crippen LogP contribution in [0.4, 0.5) is 0 Å². The van der Waals surface area contributed by atoms with Crippen LogP contribution in [0.25, 0.3) is 0 Å². The van der Waals surface area contributed by atoms with Crippen LogP contribution in [0, 0.1) is 23.2 Å². The fourth-order valence-electron chi connectivity index (χ4n) is 4.24. The van der Waals surface area contributed by atoms with Gasteiger partial charge in [0.15, 0.2) is 0 Å². The zero-order valence-corrected chi connectivity index (χ0v) is 14.2. The molecule has 1 heterocycles. The van der Waals surface area contributed by atoms with Crippen LogP contribution in [0.2, 0.25) is 0 Å². The second-order valence-corrected chi connectivity index (χ2v) is 7.64. The summed E-state index contributed by atoms with van der Waals surface area (Å²) < 4.78 is 10.6. The molecule has 5 atom stereocenters. The number of carbonyl (C=O) groups excluding carboxylic acids is 2. The maximum absolute atomic E-state index is 12.3. The Morgan fingerprint density at radius 1 is 1.39 bits per heavy atom. The highest BCUT2D eigenvalue weighted by Gasteiger charge is 2.57. The Bertz CT molecular complexity index is 592. The van der Waals surface area contributed by atoms with Gasteiger partial charge in [0, 0.05) is 0 Å². The molecule has 0 aromatic carbocycles. The van der Waals surface area contributed by atoms with Crippen molar-refractivity contribution in [1.82, 2.24) is 5.32 Å². The van der Waals surface area contributed by atoms with Crippen molar-refractivity contribution in [3.05, 3.63) is 24.2 Å². The van der Waals surface area contributed by atoms with E-state index in [1.807, 2.05) is 0 Å². The van der Waals surface area contributed by atoms with E-state index in [0.29, 0.717) is 28.7 Å². The van der Waals surface area contributed by atoms with Crippen LogP contribution < -0.4 is 5.32 Å². The highest BCUT2D eigenvalue weighted by molar-refractivity contribution is 5.96. The summed E-state index contributed by atoms with van der Waals surface area (Å²) in [5.74, 6) is 0.935. The van der Waals surface area contributed by atoms with Gasteiger partial charge in [-0.2, -0.15) is 0 Å². The number of carbonyl (C=O) groups is 2. The average molecular weight is 319 g/mol. The summed E-state index contributed by atoms with van der Waals surface area (Å²) in [5, 5.41) is 2.65. The predicted molar refractivity (Wildman–Crippen MR) is 84.7 cm³/mol. The Morgan fingerprint density at radius 3 is 2.70 bits per heavy atom. The van der Waals surface area contributed by atoms with Crippen molar-refractivity contribution in [3.63, 3.8) is 0 Å². The van der Waals surface area contributed by atoms with Crippen LogP contribution in [-0.4, -0.2) is 24.0 Å². The van der Waals surface area contributed by atoms with Crippen molar-refractivity contribution >= 4 is 11.9 Å². The van der Waals surface area contributed by atoms with E-state index in [1.165, 1.54) is 18.9 Å². The normalized spacial score (nSPS) is 32.5. The molecule has 1 aromatic rings. The molecule has 0 unspecified atom stereocenters. The van der Waals surface area contributed by atoms with E-state index in [-0.39, 0.29) is 18.0 Å². The number of hydrogen-bond acceptors (Lipinski definition) is 4. The topological polar surface area (TPSA) is 68.5 Å². The number of esters is 1. The molecule has 3 aliphatic rings. The summed E-state index contributed by atoms with van der Waals surface area (Å²) in [4.78, 5) is 24.2. The minimum atomic E-state index is -0.670. The molecule has 0 aliphatic heterocycles. The molecule has 2 bridgehead atoms. The summed E-state index contributed by atoms with van der Waals surface area (Å²) >= 11 is 0. The molecule has 5 nitrogen and oxygen atoms in total. The second kappa shape index (κ2) is 5.69. The molecular weight excluding hydrogens is 294 g/mol. The lowest BCUT2D eigenvalue weighted by Gasteiger charge is -2.61. The molecule has 0 saturated heterocycles. The van der Waals surface area contributed by atoms with Gasteiger partial charge in [0.25, 0.3) is 5.91 Å². The minimum Gasteiger partial charge on any atom is -0.472 e. The molecular formula is C18H25NO4. The Kier molecular flexibility index (Phi) is 3.98. The zero-order chi connectivity index (χ0) is 16.8. The van der Waals surface area contributed by atoms with Gasteiger partial charge in [-0.1, -0.05) is 20.8 Å². The van der Waals surface area contributed by atoms with Crippen molar-refractivity contribution in [1.29, 1.82) is 0 Å². The third kappa shape index (κ3) is 2.77. The molecule has 5 heteroatoms. The molecule has 3 fully saturated rings. The number of ether oxygens (including phenoxy) is 1. The number of furan rings is 1. The van der Waals surface area contributed by atoms with Gasteiger partial charge in [-0.3, -0.25) is 4.79 Å². The van der Waals surface area contributed by atoms with E-state index < -0.39 is 6.04 Å². The summed E-state index contributed by atoms with van der Waals surface area (Å²) in [6.45, 7) is 8.45. The molecule has 1 aromatic heterocycles. The largest absolute Gasteiger partial charge is 0.472 e. The maximum atomic E-state index is 12.3. The average Bonchev–Trinajstić information content (AvgIpc) is 3.02. The molecule has 3 aliphatic carbocycles. The molecule has 0 spiro atoms. The van der Waals surface area contributed by atoms with Crippen molar-refractivity contribution in [2.75, 3.05) is 0 Å². The minimum absolute atomic E-state index is 0.0347. The maximum Gasteiger partial charge on any atom is 0.328 e. The molecule has 23 heavy (non-hydrogen) atoms. The third-order valence-corrected chi connectivity index (χ3v) is 6.04. The van der Waals surface area contributed by atoms with E-state index in [0.717, 1.165) is 6.42 Å². The van der Waals surface area contributed by atoms with Crippen molar-refractivity contribution in [2.45, 2.75) is 52.7 Å². The number of fused-ring (bicyclic) bond motifs is 2. The Labute approximate surface area is 136 Å². The molecule has 0 radical (unpaired) electrons. The molecule has 4 rings (SSSR count). The highest BCUT2D eigenvalue weighted by atomic mass is 16.5. The van der Waals surface area contributed by atoms with Crippen LogP contribution in [-0.2, 0) is 9.53 Å². The van der Waals surface area contributed by atoms with Gasteiger partial charge in [-0.25, -0.2) is 4.79 Å². The number of rotatable bonds is 4. The summed E-state index contributed by atoms with van der Waals surface area (Å²) in [7, 11) is 0. The van der Waals surface area contributed by atoms with Crippen LogP contribution >= 0.6 is 0 Å². The van der Waals surface area contributed by atoms with Crippen molar-refractivity contribution in [2.24, 2.45) is 23.2 Å². The van der Waals surface area contributed by atoms with Gasteiger partial charge in [0.1, 0.15) is 18.4 Å². The molecule has 126 valence electrons. The fraction of sp³-hybridized carbons (Fsp3) is 0.667. The van der Waals surface area contributed by atoms with Crippen LogP contribution in [0.5, 0.6) is 0 Å². The SMILES string of the molecule is C[C@H]1[C@@H](OC(=O)[C@H](C)NC(=O)c2ccoc2)C[C@H]2C[C@@H]1C2(C)C. The fourth-order valence-corrected chi connectivity index (χ4v) is 4.24. The Balaban J connectivity index is 1.54. The van der Waals surface area contributed by atoms with Crippen LogP contribution in [0.3, 0.4) is 0 Å². The lowest BCUT2D eigenvalue weighted by Crippen LogP contribution is -2.58. The summed E-state index contributed by atoms with van der Waals surface area (Å²) in [6, 6.07) is 0.891. The van der Waals surface area contributed by atoms with Gasteiger partial charge in [0.05, 0.1) is 11.8 Å². The van der Waals surface area contributed by atoms with Gasteiger partial charge in [0.2, 0.25) is 0 Å². The highest BCUT2D eigenvalue weighted by Crippen LogP contribution is 2.61. The Hall–Kier alpha value is -1.78. The molecule has 1 amide bonds. The van der Waals surface area contributed by atoms with Gasteiger partial charge in [-0.05, 0) is 49.0 Å². The smallest absolute Gasteiger partial charge is 0.328 e. The summed E-state index contributed by atoms with van der Waals surface area (Å²) in [5.41, 5.74) is 0.766. The van der Waals surface area contributed by atoms with E-state index >= 15 is 0 Å². The van der Waals surface area contributed by atoms with Crippen molar-refractivity contribution in [3.8, 4) is 0 Å². The van der Waals surface area contributed by atoms with Gasteiger partial charge in [-0.15, -0.1) is 0 Å². The first-order valence-electron chi connectivity index (χ1n) is 8.34. The number of nitrogens with one attached hydrogen (secondary N) is 1. The van der Waals surface area contributed by atoms with Crippen molar-refractivity contribution < 1.29 is 18.7 Å². The second-order valence-electron chi connectivity index (χ2n) is 7.64. The molecule has 1 N–H and O–H groups in total. The lowest BCUT2D eigenvalue weighted by molar-refractivity contribution is -0.187. The van der Waals surface area contributed by atoms with Crippen LogP contribution in [0.1, 0.15) is 50.9 Å². The Morgan fingerprint density at radius 2 is 2.13 bits per heavy atom. The first kappa shape index (κ1) is 16.1. The van der Waals surface area contributed by atoms with Gasteiger partial charge < -0.3 is 14.5 Å². The predicted octanol–water partition coefficient (Wildman–Crippen LogP) is 3.01. The monoisotopic (exact) mass is 319 g/mol. The lowest BCUT2D eigenvalue weighted by atomic mass is 9.45. The van der Waals surface area contributed by atoms with Crippen LogP contribution in [0.15, 0.2) is 23.0 Å². The van der Waals surface area contributed by atoms with E-state index in [2.05, 4.69) is 26.1 Å². The molecule has 3 saturated carbocycles. The first-order valence-corrected chi connectivity index (χ1v) is 8.34. The third-order valence-electron chi connectivity index (χ3n) is 6.04. The van der Waals surface area contributed by atoms with E-state index in [1.54, 1.807) is 13.0 Å². The number of hydrogen-bond donors (Lipinski definition) is 1.